The maximum Gasteiger partial charge on any atom is 0.125 e. The molecule has 0 spiro atoms. The Morgan fingerprint density at radius 3 is 2.62 bits per heavy atom. The van der Waals surface area contributed by atoms with Crippen LogP contribution in [0.2, 0.25) is 0 Å². The van der Waals surface area contributed by atoms with E-state index in [2.05, 4.69) is 20.7 Å². The predicted octanol–water partition coefficient (Wildman–Crippen LogP) is 1.58. The summed E-state index contributed by atoms with van der Waals surface area (Å²) in [4.78, 5) is 0.751. The van der Waals surface area contributed by atoms with Gasteiger partial charge in [0, 0.05) is 32.8 Å². The lowest BCUT2D eigenvalue weighted by Crippen LogP contribution is -2.31. The van der Waals surface area contributed by atoms with Crippen LogP contribution in [0.15, 0.2) is 33.6 Å². The van der Waals surface area contributed by atoms with E-state index in [1.807, 2.05) is 24.3 Å². The van der Waals surface area contributed by atoms with Crippen molar-refractivity contribution in [2.24, 2.45) is 0 Å². The van der Waals surface area contributed by atoms with Crippen LogP contribution in [0.3, 0.4) is 0 Å². The fourth-order valence-electron chi connectivity index (χ4n) is 1.54. The van der Waals surface area contributed by atoms with Gasteiger partial charge in [-0.2, -0.15) is 0 Å². The van der Waals surface area contributed by atoms with Crippen LogP contribution in [-0.4, -0.2) is 26.0 Å². The molecule has 3 nitrogen and oxygen atoms in total. The van der Waals surface area contributed by atoms with E-state index in [-0.39, 0.29) is 6.04 Å². The van der Waals surface area contributed by atoms with Gasteiger partial charge in [-0.15, -0.1) is 0 Å². The molecule has 0 amide bonds. The molecule has 3 atom stereocenters. The van der Waals surface area contributed by atoms with Gasteiger partial charge < -0.3 is 0 Å². The molecule has 1 heterocycles. The predicted molar refractivity (Wildman–Crippen MR) is 70.0 cm³/mol. The van der Waals surface area contributed by atoms with Crippen LogP contribution in [-0.2, 0) is 21.8 Å². The molecule has 1 aromatic rings. The summed E-state index contributed by atoms with van der Waals surface area (Å²) in [5.41, 5.74) is 0. The summed E-state index contributed by atoms with van der Waals surface area (Å²) in [7, 11) is -1.94. The molecular weight excluding hydrogens is 310 g/mol. The summed E-state index contributed by atoms with van der Waals surface area (Å²) in [5, 5.41) is 0. The number of hydrogen-bond donors (Lipinski definition) is 1. The fourth-order valence-corrected chi connectivity index (χ4v) is 4.34. The van der Waals surface area contributed by atoms with Gasteiger partial charge in [0.2, 0.25) is 0 Å². The molecule has 0 saturated carbocycles. The first-order chi connectivity index (χ1) is 7.65. The van der Waals surface area contributed by atoms with Crippen molar-refractivity contribution in [3.63, 3.8) is 0 Å². The molecule has 2 unspecified atom stereocenters. The van der Waals surface area contributed by atoms with Gasteiger partial charge in [0.15, 0.2) is 0 Å². The molecule has 1 aliphatic heterocycles. The highest BCUT2D eigenvalue weighted by atomic mass is 79.9. The molecule has 0 radical (unpaired) electrons. The Morgan fingerprint density at radius 1 is 1.38 bits per heavy atom. The molecule has 16 heavy (non-hydrogen) atoms. The van der Waals surface area contributed by atoms with E-state index in [1.54, 1.807) is 0 Å². The van der Waals surface area contributed by atoms with Crippen LogP contribution in [0.1, 0.15) is 6.42 Å². The molecule has 1 fully saturated rings. The van der Waals surface area contributed by atoms with Crippen molar-refractivity contribution in [1.82, 2.24) is 4.72 Å². The first kappa shape index (κ1) is 12.4. The maximum atomic E-state index is 11.9. The lowest BCUT2D eigenvalue weighted by molar-refractivity contribution is 0.640. The first-order valence-electron chi connectivity index (χ1n) is 4.93. The Bertz CT molecular complexity index is 421. The van der Waals surface area contributed by atoms with Gasteiger partial charge in [-0.05, 0) is 30.7 Å². The monoisotopic (exact) mass is 321 g/mol. The largest absolute Gasteiger partial charge is 0.260 e. The molecule has 1 aliphatic rings. The number of hydrogen-bond acceptors (Lipinski definition) is 2. The molecular formula is C10H12BrNO2S2. The second-order valence-corrected chi connectivity index (χ2v) is 7.42. The lowest BCUT2D eigenvalue weighted by Gasteiger charge is -2.09. The van der Waals surface area contributed by atoms with Crippen LogP contribution in [0.4, 0.5) is 0 Å². The number of rotatable bonds is 3. The zero-order chi connectivity index (χ0) is 11.5. The van der Waals surface area contributed by atoms with Crippen LogP contribution in [0.5, 0.6) is 0 Å². The van der Waals surface area contributed by atoms with Gasteiger partial charge in [-0.3, -0.25) is 4.21 Å². The minimum Gasteiger partial charge on any atom is -0.260 e. The third-order valence-electron chi connectivity index (χ3n) is 2.38. The summed E-state index contributed by atoms with van der Waals surface area (Å²) in [6.07, 6.45) is 0.842. The summed E-state index contributed by atoms with van der Waals surface area (Å²) in [5.74, 6) is 1.33. The SMILES string of the molecule is O=S1CC[C@H](NS(=O)c2ccc(Br)cc2)C1. The number of halogens is 1. The highest BCUT2D eigenvalue weighted by molar-refractivity contribution is 9.10. The van der Waals surface area contributed by atoms with Crippen molar-refractivity contribution >= 4 is 37.7 Å². The van der Waals surface area contributed by atoms with Gasteiger partial charge in [0.1, 0.15) is 11.0 Å². The van der Waals surface area contributed by atoms with Crippen molar-refractivity contribution in [1.29, 1.82) is 0 Å². The van der Waals surface area contributed by atoms with Crippen molar-refractivity contribution in [2.45, 2.75) is 17.4 Å². The normalized spacial score (nSPS) is 26.8. The van der Waals surface area contributed by atoms with Crippen LogP contribution in [0, 0.1) is 0 Å². The minimum atomic E-state index is -1.20. The summed E-state index contributed by atoms with van der Waals surface area (Å²) in [6, 6.07) is 7.48. The Hall–Kier alpha value is -0.0400. The van der Waals surface area contributed by atoms with Gasteiger partial charge in [0.05, 0.1) is 4.90 Å². The van der Waals surface area contributed by atoms with Gasteiger partial charge >= 0.3 is 0 Å². The second-order valence-electron chi connectivity index (χ2n) is 3.64. The van der Waals surface area contributed by atoms with Crippen LogP contribution in [0.25, 0.3) is 0 Å². The van der Waals surface area contributed by atoms with Crippen molar-refractivity contribution < 1.29 is 8.42 Å². The van der Waals surface area contributed by atoms with Crippen molar-refractivity contribution in [2.75, 3.05) is 11.5 Å². The number of nitrogens with one attached hydrogen (secondary N) is 1. The van der Waals surface area contributed by atoms with Crippen LogP contribution < -0.4 is 4.72 Å². The summed E-state index contributed by atoms with van der Waals surface area (Å²) < 4.78 is 27.1. The molecule has 6 heteroatoms. The molecule has 0 aromatic heterocycles. The fraction of sp³-hybridized carbons (Fsp3) is 0.400. The lowest BCUT2D eigenvalue weighted by atomic mass is 10.3. The van der Waals surface area contributed by atoms with E-state index in [0.717, 1.165) is 21.5 Å². The molecule has 2 rings (SSSR count). The quantitative estimate of drug-likeness (QED) is 0.918. The smallest absolute Gasteiger partial charge is 0.125 e. The van der Waals surface area contributed by atoms with Crippen molar-refractivity contribution in [3.8, 4) is 0 Å². The topological polar surface area (TPSA) is 46.2 Å². The van der Waals surface area contributed by atoms with E-state index in [1.165, 1.54) is 0 Å². The third-order valence-corrected chi connectivity index (χ3v) is 5.62. The highest BCUT2D eigenvalue weighted by Gasteiger charge is 2.22. The average Bonchev–Trinajstić information content (AvgIpc) is 2.65. The Morgan fingerprint density at radius 2 is 2.06 bits per heavy atom. The summed E-state index contributed by atoms with van der Waals surface area (Å²) >= 11 is 3.33. The van der Waals surface area contributed by atoms with Gasteiger partial charge in [0.25, 0.3) is 0 Å². The molecule has 1 saturated heterocycles. The molecule has 1 aromatic carbocycles. The summed E-state index contributed by atoms with van der Waals surface area (Å²) in [6.45, 7) is 0. The van der Waals surface area contributed by atoms with Gasteiger partial charge in [-0.1, -0.05) is 15.9 Å². The minimum absolute atomic E-state index is 0.116. The van der Waals surface area contributed by atoms with E-state index < -0.39 is 21.8 Å². The third kappa shape index (κ3) is 3.23. The molecule has 88 valence electrons. The molecule has 1 N–H and O–H groups in total. The maximum absolute atomic E-state index is 11.9. The molecule has 0 bridgehead atoms. The van der Waals surface area contributed by atoms with E-state index >= 15 is 0 Å². The second kappa shape index (κ2) is 5.53. The van der Waals surface area contributed by atoms with Crippen LogP contribution >= 0.6 is 15.9 Å². The molecule has 0 aliphatic carbocycles. The highest BCUT2D eigenvalue weighted by Crippen LogP contribution is 2.14. The zero-order valence-corrected chi connectivity index (χ0v) is 11.7. The average molecular weight is 322 g/mol. The zero-order valence-electron chi connectivity index (χ0n) is 8.52. The van der Waals surface area contributed by atoms with Gasteiger partial charge in [-0.25, -0.2) is 8.93 Å². The van der Waals surface area contributed by atoms with Crippen molar-refractivity contribution in [3.05, 3.63) is 28.7 Å². The van der Waals surface area contributed by atoms with E-state index in [4.69, 9.17) is 0 Å². The Kier molecular flexibility index (Phi) is 4.29. The number of benzene rings is 1. The Labute approximate surface area is 108 Å². The Balaban J connectivity index is 1.98. The van der Waals surface area contributed by atoms with E-state index in [9.17, 15) is 8.42 Å². The van der Waals surface area contributed by atoms with E-state index in [0.29, 0.717) is 5.75 Å². The first-order valence-corrected chi connectivity index (χ1v) is 8.37. The standard InChI is InChI=1S/C10H12BrNO2S2/c11-8-1-3-10(4-2-8)16(14)12-9-5-6-15(13)7-9/h1-4,9,12H,5-7H2/t9-,15?,16?/m0/s1.